The summed E-state index contributed by atoms with van der Waals surface area (Å²) < 4.78 is 16.5. The van der Waals surface area contributed by atoms with E-state index >= 15 is 0 Å². The van der Waals surface area contributed by atoms with Crippen LogP contribution in [0, 0.1) is 12.8 Å². The Morgan fingerprint density at radius 3 is 0.840 bits per heavy atom. The molecule has 8 aromatic carbocycles. The van der Waals surface area contributed by atoms with E-state index in [4.69, 9.17) is 14.2 Å². The normalized spacial score (nSPS) is 10.8. The molecule has 814 valence electrons. The summed E-state index contributed by atoms with van der Waals surface area (Å²) >= 11 is 0. The van der Waals surface area contributed by atoms with E-state index in [1.165, 1.54) is 34.1 Å². The Hall–Kier alpha value is -14.7. The molecular weight excluding hydrogens is 1910 g/mol. The van der Waals surface area contributed by atoms with Crippen molar-refractivity contribution in [2.45, 2.75) is 183 Å². The molecule has 0 fully saturated rings. The van der Waals surface area contributed by atoms with Crippen LogP contribution in [0.3, 0.4) is 0 Å². The molecule has 0 aromatic heterocycles. The van der Waals surface area contributed by atoms with Gasteiger partial charge in [-0.3, -0.25) is 67.1 Å². The van der Waals surface area contributed by atoms with Gasteiger partial charge in [0.25, 0.3) is 11.8 Å². The second kappa shape index (κ2) is 80.4. The average Bonchev–Trinajstić information content (AvgIpc) is 0.854. The number of carbonyl (C=O) groups excluding carboxylic acids is 16. The van der Waals surface area contributed by atoms with Gasteiger partial charge in [0.1, 0.15) is 23.8 Å². The minimum atomic E-state index is -0.461. The number of ether oxygens (including phenoxy) is 3. The van der Waals surface area contributed by atoms with Crippen molar-refractivity contribution in [1.29, 1.82) is 0 Å². The number of amides is 12. The lowest BCUT2D eigenvalue weighted by atomic mass is 10.0. The Kier molecular flexibility index (Phi) is 70.4. The first kappa shape index (κ1) is 131. The fourth-order valence-electron chi connectivity index (χ4n) is 13.0. The maximum Gasteiger partial charge on any atom is 0.319 e. The smallest absolute Gasteiger partial charge is 0.319 e. The van der Waals surface area contributed by atoms with Gasteiger partial charge in [-0.05, 0) is 329 Å². The molecule has 150 heavy (non-hydrogen) atoms. The van der Waals surface area contributed by atoms with Crippen LogP contribution >= 0.6 is 0 Å². The Morgan fingerprint density at radius 1 is 0.280 bits per heavy atom. The van der Waals surface area contributed by atoms with E-state index in [1.54, 1.807) is 194 Å². The summed E-state index contributed by atoms with van der Waals surface area (Å²) in [5, 5.41) is 51.1. The van der Waals surface area contributed by atoms with E-state index in [1.807, 2.05) is 49.2 Å². The van der Waals surface area contributed by atoms with Crippen LogP contribution in [-0.2, 0) is 76.6 Å². The molecule has 0 aliphatic carbocycles. The summed E-state index contributed by atoms with van der Waals surface area (Å²) in [6.45, 7) is 25.6. The van der Waals surface area contributed by atoms with Crippen molar-refractivity contribution in [3.63, 3.8) is 0 Å². The van der Waals surface area contributed by atoms with Gasteiger partial charge in [0.2, 0.25) is 35.4 Å². The summed E-state index contributed by atoms with van der Waals surface area (Å²) in [6.07, 6.45) is 16.5. The number of terminal acetylenes is 1. The fourth-order valence-corrected chi connectivity index (χ4v) is 13.0. The van der Waals surface area contributed by atoms with Crippen LogP contribution in [0.2, 0.25) is 0 Å². The highest BCUT2D eigenvalue weighted by molar-refractivity contribution is 6.14. The van der Waals surface area contributed by atoms with Gasteiger partial charge in [0.15, 0.2) is 17.3 Å². The third kappa shape index (κ3) is 63.7. The number of carbonyl (C=O) groups is 16. The highest BCUT2D eigenvalue weighted by Crippen LogP contribution is 2.21. The van der Waals surface area contributed by atoms with Crippen molar-refractivity contribution < 1.29 is 90.9 Å². The number of urea groups is 2. The van der Waals surface area contributed by atoms with Crippen molar-refractivity contribution in [2.24, 2.45) is 0 Å². The quantitative estimate of drug-likeness (QED) is 0.00728. The number of anilines is 8. The number of Topliss-reactive ketones (excluding diaryl/α,β-unsaturated/α-hetero) is 6. The molecule has 0 spiro atoms. The van der Waals surface area contributed by atoms with Crippen LogP contribution in [-0.4, -0.2) is 240 Å². The van der Waals surface area contributed by atoms with Crippen LogP contribution in [0.25, 0.3) is 0 Å². The van der Waals surface area contributed by atoms with Crippen LogP contribution in [0.5, 0.6) is 0 Å². The third-order valence-electron chi connectivity index (χ3n) is 21.0. The zero-order valence-electron chi connectivity index (χ0n) is 89.6. The van der Waals surface area contributed by atoms with Crippen molar-refractivity contribution in [3.05, 3.63) is 239 Å². The zero-order chi connectivity index (χ0) is 111. The lowest BCUT2D eigenvalue weighted by Crippen LogP contribution is -2.30. The number of ketones is 6. The Labute approximate surface area is 883 Å². The predicted octanol–water partition coefficient (Wildman–Crippen LogP) is 13.7. The summed E-state index contributed by atoms with van der Waals surface area (Å²) in [4.78, 5) is 190. The topological polar surface area (TPSA) is 517 Å². The number of likely N-dealkylation sites (N-methyl/N-ethyl adjacent to an activating group) is 2. The summed E-state index contributed by atoms with van der Waals surface area (Å²) in [5.74, 6) is -3.50. The van der Waals surface area contributed by atoms with Crippen molar-refractivity contribution in [2.75, 3.05) is 170 Å². The molecule has 8 aromatic rings. The lowest BCUT2D eigenvalue weighted by Gasteiger charge is -2.17. The maximum absolute atomic E-state index is 12.4. The molecule has 18 N–H and O–H groups in total. The molecular formula is C113H158N18O19. The Balaban J connectivity index is 0.000000633. The van der Waals surface area contributed by atoms with Crippen LogP contribution in [0.1, 0.15) is 214 Å². The molecule has 12 amide bonds. The zero-order valence-corrected chi connectivity index (χ0v) is 89.6. The van der Waals surface area contributed by atoms with E-state index in [0.29, 0.717) is 157 Å². The molecule has 8 rings (SSSR count). The lowest BCUT2D eigenvalue weighted by molar-refractivity contribution is -0.126. The first-order chi connectivity index (χ1) is 72.0. The van der Waals surface area contributed by atoms with Gasteiger partial charge in [0, 0.05) is 145 Å². The second-order valence-electron chi connectivity index (χ2n) is 34.9. The van der Waals surface area contributed by atoms with Crippen LogP contribution < -0.4 is 95.7 Å². The molecule has 0 aliphatic heterocycles. The number of unbranched alkanes of at least 4 members (excludes halogenated alkanes) is 4. The predicted molar refractivity (Wildman–Crippen MR) is 595 cm³/mol. The number of hydrogen-bond acceptors (Lipinski definition) is 25. The summed E-state index contributed by atoms with van der Waals surface area (Å²) in [6, 6.07) is 53.2. The molecule has 0 heterocycles. The maximum atomic E-state index is 12.4. The van der Waals surface area contributed by atoms with Gasteiger partial charge >= 0.3 is 12.1 Å². The fraction of sp³-hybridized carbons (Fsp3) is 0.416. The second-order valence-corrected chi connectivity index (χ2v) is 34.9. The highest BCUT2D eigenvalue weighted by atomic mass is 16.5. The molecule has 37 heteroatoms. The SMILES string of the molecule is C#C.CCC.CNC(C)COCCOCC(C)OCC(C)NC.CNCCCCNC(=O)Nc1ccc(C(=O)CC(=O)c2ccc(NC(C)=O)cc2)cc1.CNCCCCNC(=O)Nc1ccc(CC(=O)CC(=O)Nc2ccc(CC(C)=O)cc2)cc1.CNCCCCNC(=O)c1ccc(NC(=O)CC(=O)Nc2ccc(CC(C)=O)cc2)cc1.CNCCCCNC(=O)c1ccc(NC(=O)CC(=O)c2ccc(NC(C)=O)cc2)cc1. The number of nitrogens with one attached hydrogen (secondary N) is 18. The van der Waals surface area contributed by atoms with E-state index in [9.17, 15) is 76.7 Å². The van der Waals surface area contributed by atoms with Gasteiger partial charge < -0.3 is 110 Å². The van der Waals surface area contributed by atoms with Crippen molar-refractivity contribution >= 4 is 140 Å². The van der Waals surface area contributed by atoms with Crippen molar-refractivity contribution in [3.8, 4) is 12.8 Å². The first-order valence-electron chi connectivity index (χ1n) is 50.3. The largest absolute Gasteiger partial charge is 0.377 e. The molecule has 0 aliphatic rings. The molecule has 37 nitrogen and oxygen atoms in total. The number of benzene rings is 8. The number of hydrogen-bond donors (Lipinski definition) is 18. The van der Waals surface area contributed by atoms with Crippen LogP contribution in [0.4, 0.5) is 55.1 Å². The molecule has 0 saturated heterocycles. The number of rotatable bonds is 59. The van der Waals surface area contributed by atoms with E-state index in [-0.39, 0.29) is 115 Å². The Bertz CT molecular complexity index is 5380. The van der Waals surface area contributed by atoms with Crippen molar-refractivity contribution in [1.82, 2.24) is 53.2 Å². The van der Waals surface area contributed by atoms with Gasteiger partial charge in [0.05, 0.1) is 58.4 Å². The Morgan fingerprint density at radius 2 is 0.533 bits per heavy atom. The van der Waals surface area contributed by atoms with Gasteiger partial charge in [-0.1, -0.05) is 56.7 Å². The first-order valence-corrected chi connectivity index (χ1v) is 50.3. The van der Waals surface area contributed by atoms with Gasteiger partial charge in [-0.15, -0.1) is 12.8 Å². The monoisotopic (exact) mass is 2070 g/mol. The highest BCUT2D eigenvalue weighted by Gasteiger charge is 2.20. The van der Waals surface area contributed by atoms with Gasteiger partial charge in [-0.25, -0.2) is 9.59 Å². The minimum absolute atomic E-state index is 0.0623. The third-order valence-corrected chi connectivity index (χ3v) is 21.0. The standard InChI is InChI=1S/C25H32N4O4.C24H30N4O4.2C23H28N4O4.C13H30N2O3.C3H8.C2H2/c1-18(30)15-19-5-9-21(10-6-19)28-24(32)17-23(31)16-20-7-11-22(12-8-20)29-25(33)27-14-4-3-13-26-2;1-17(29)15-18-5-9-20(10-6-18)27-22(30)16-23(31)28-21-11-7-19(8-12-21)24(32)26-14-4-3-13-25-2;1-16(28)26-19-9-5-17(6-10-19)21(29)15-22(30)27-20-11-7-18(8-12-20)23(31)25-14-4-3-13-24-2;1-16(28)26-19-9-5-17(6-10-19)21(29)15-22(30)18-7-11-20(12-8-18)27-23(31)25-14-4-3-13-24-2;1-11(14-4)8-16-6-7-17-10-13(3)18-9-12(2)15-5;1-3-2;1-2/h5-12,26H,3-4,13-17H2,1-2H3,(H,28,32)(H2,27,29,33);5-12,25H,3-4,13-16H2,1-2H3,(H,26,32)(H,27,30)(H,28,31);5-12,24H,3-4,13-15H2,1-2H3,(H,25,31)(H,26,28)(H,27,30);5-12,24H,3-4,13-15H2,1-2H3,(H,26,28)(H2,25,27,31);11-15H,6-10H2,1-5H3;3H2,1-2H3;1-2H. The summed E-state index contributed by atoms with van der Waals surface area (Å²) in [7, 11) is 11.4. The average molecular weight is 2070 g/mol. The van der Waals surface area contributed by atoms with E-state index in [0.717, 1.165) is 94.2 Å². The molecule has 0 saturated carbocycles. The van der Waals surface area contributed by atoms with E-state index < -0.39 is 17.7 Å². The molecule has 3 unspecified atom stereocenters. The molecule has 0 bridgehead atoms. The van der Waals surface area contributed by atoms with Gasteiger partial charge in [-0.2, -0.15) is 0 Å². The molecule has 3 atom stereocenters. The van der Waals surface area contributed by atoms with Crippen LogP contribution in [0.15, 0.2) is 194 Å². The van der Waals surface area contributed by atoms with E-state index in [2.05, 4.69) is 136 Å². The molecule has 0 radical (unpaired) electrons. The summed E-state index contributed by atoms with van der Waals surface area (Å²) in [5.41, 5.74) is 9.16. The minimum Gasteiger partial charge on any atom is -0.377 e.